The van der Waals surface area contributed by atoms with Crippen molar-refractivity contribution in [3.05, 3.63) is 73.0 Å². The summed E-state index contributed by atoms with van der Waals surface area (Å²) in [5.74, 6) is 1.26. The molecule has 0 spiro atoms. The molecule has 4 aromatic rings. The highest BCUT2D eigenvalue weighted by molar-refractivity contribution is 9.10. The van der Waals surface area contributed by atoms with Gasteiger partial charge in [-0.05, 0) is 37.3 Å². The van der Waals surface area contributed by atoms with Crippen LogP contribution in [0.4, 0.5) is 0 Å². The molecule has 26 heavy (non-hydrogen) atoms. The SMILES string of the molecule is COc1ccc(Br)cc1/C=c1/sc2nc(-c3cccc(C)c3)nn2c1=O. The Hall–Kier alpha value is -2.51. The molecule has 130 valence electrons. The molecule has 5 nitrogen and oxygen atoms in total. The molecule has 0 N–H and O–H groups in total. The summed E-state index contributed by atoms with van der Waals surface area (Å²) in [6.45, 7) is 2.01. The Morgan fingerprint density at radius 1 is 1.23 bits per heavy atom. The molecule has 2 heterocycles. The highest BCUT2D eigenvalue weighted by Crippen LogP contribution is 2.23. The van der Waals surface area contributed by atoms with Crippen LogP contribution in [-0.2, 0) is 0 Å². The van der Waals surface area contributed by atoms with Crippen LogP contribution in [0.2, 0.25) is 0 Å². The molecular formula is C19H14BrN3O2S. The van der Waals surface area contributed by atoms with Crippen LogP contribution in [0.15, 0.2) is 51.7 Å². The van der Waals surface area contributed by atoms with Crippen molar-refractivity contribution in [2.75, 3.05) is 7.11 Å². The topological polar surface area (TPSA) is 56.5 Å². The van der Waals surface area contributed by atoms with Crippen molar-refractivity contribution in [3.8, 4) is 17.1 Å². The molecule has 0 aliphatic heterocycles. The molecule has 0 saturated carbocycles. The third-order valence-electron chi connectivity index (χ3n) is 3.94. The molecule has 0 aliphatic rings. The van der Waals surface area contributed by atoms with E-state index in [0.29, 0.717) is 21.1 Å². The minimum atomic E-state index is -0.182. The van der Waals surface area contributed by atoms with E-state index in [-0.39, 0.29) is 5.56 Å². The molecule has 0 saturated heterocycles. The Labute approximate surface area is 161 Å². The molecule has 0 aliphatic carbocycles. The van der Waals surface area contributed by atoms with Gasteiger partial charge in [-0.1, -0.05) is 51.0 Å². The summed E-state index contributed by atoms with van der Waals surface area (Å²) >= 11 is 4.76. The first-order valence-electron chi connectivity index (χ1n) is 7.87. The first-order valence-corrected chi connectivity index (χ1v) is 9.48. The number of benzene rings is 2. The van der Waals surface area contributed by atoms with Gasteiger partial charge < -0.3 is 4.74 Å². The van der Waals surface area contributed by atoms with E-state index in [1.807, 2.05) is 49.4 Å². The average Bonchev–Trinajstić information content (AvgIpc) is 3.15. The second-order valence-corrected chi connectivity index (χ2v) is 7.73. The van der Waals surface area contributed by atoms with Gasteiger partial charge in [0.1, 0.15) is 5.75 Å². The number of hydrogen-bond acceptors (Lipinski definition) is 5. The number of methoxy groups -OCH3 is 1. The van der Waals surface area contributed by atoms with Crippen LogP contribution in [0.1, 0.15) is 11.1 Å². The van der Waals surface area contributed by atoms with E-state index in [9.17, 15) is 4.79 Å². The molecule has 0 amide bonds. The molecule has 7 heteroatoms. The smallest absolute Gasteiger partial charge is 0.291 e. The molecule has 2 aromatic carbocycles. The van der Waals surface area contributed by atoms with Crippen molar-refractivity contribution in [2.45, 2.75) is 6.92 Å². The zero-order valence-corrected chi connectivity index (χ0v) is 16.5. The fraction of sp³-hybridized carbons (Fsp3) is 0.105. The number of rotatable bonds is 3. The number of ether oxygens (including phenoxy) is 1. The van der Waals surface area contributed by atoms with Gasteiger partial charge in [0.15, 0.2) is 5.82 Å². The van der Waals surface area contributed by atoms with E-state index < -0.39 is 0 Å². The van der Waals surface area contributed by atoms with E-state index in [0.717, 1.165) is 21.2 Å². The second-order valence-electron chi connectivity index (χ2n) is 5.80. The van der Waals surface area contributed by atoms with Gasteiger partial charge >= 0.3 is 0 Å². The van der Waals surface area contributed by atoms with E-state index in [2.05, 4.69) is 26.0 Å². The minimum Gasteiger partial charge on any atom is -0.496 e. The number of nitrogens with zero attached hydrogens (tertiary/aromatic N) is 3. The van der Waals surface area contributed by atoms with Gasteiger partial charge in [0, 0.05) is 15.6 Å². The van der Waals surface area contributed by atoms with Gasteiger partial charge in [0.25, 0.3) is 5.56 Å². The summed E-state index contributed by atoms with van der Waals surface area (Å²) in [4.78, 5) is 17.8. The molecule has 0 atom stereocenters. The lowest BCUT2D eigenvalue weighted by atomic mass is 10.1. The largest absolute Gasteiger partial charge is 0.496 e. The van der Waals surface area contributed by atoms with Gasteiger partial charge in [-0.25, -0.2) is 0 Å². The number of thiazole rings is 1. The third kappa shape index (κ3) is 3.04. The van der Waals surface area contributed by atoms with Crippen LogP contribution in [-0.4, -0.2) is 21.7 Å². The fourth-order valence-corrected chi connectivity index (χ4v) is 3.98. The highest BCUT2D eigenvalue weighted by Gasteiger charge is 2.12. The predicted octanol–water partition coefficient (Wildman–Crippen LogP) is 3.45. The molecule has 4 rings (SSSR count). The maximum absolute atomic E-state index is 12.7. The van der Waals surface area contributed by atoms with Crippen molar-refractivity contribution in [2.24, 2.45) is 0 Å². The molecular weight excluding hydrogens is 414 g/mol. The number of fused-ring (bicyclic) bond motifs is 1. The zero-order chi connectivity index (χ0) is 18.3. The van der Waals surface area contributed by atoms with Crippen LogP contribution in [0.3, 0.4) is 0 Å². The Bertz CT molecular complexity index is 1230. The first-order chi connectivity index (χ1) is 12.5. The predicted molar refractivity (Wildman–Crippen MR) is 107 cm³/mol. The Balaban J connectivity index is 1.84. The molecule has 0 unspecified atom stereocenters. The highest BCUT2D eigenvalue weighted by atomic mass is 79.9. The summed E-state index contributed by atoms with van der Waals surface area (Å²) in [7, 11) is 1.61. The van der Waals surface area contributed by atoms with Gasteiger partial charge in [-0.2, -0.15) is 9.50 Å². The quantitative estimate of drug-likeness (QED) is 0.502. The summed E-state index contributed by atoms with van der Waals surface area (Å²) in [6.07, 6.45) is 1.80. The van der Waals surface area contributed by atoms with Crippen molar-refractivity contribution in [1.82, 2.24) is 14.6 Å². The Kier molecular flexibility index (Phi) is 4.34. The number of halogens is 1. The summed E-state index contributed by atoms with van der Waals surface area (Å²) in [5, 5.41) is 4.39. The summed E-state index contributed by atoms with van der Waals surface area (Å²) in [6, 6.07) is 13.6. The maximum atomic E-state index is 12.7. The van der Waals surface area contributed by atoms with Gasteiger partial charge in [-0.15, -0.1) is 5.10 Å². The van der Waals surface area contributed by atoms with Gasteiger partial charge in [-0.3, -0.25) is 4.79 Å². The average molecular weight is 428 g/mol. The van der Waals surface area contributed by atoms with Crippen LogP contribution < -0.4 is 14.8 Å². The monoisotopic (exact) mass is 427 g/mol. The normalized spacial score (nSPS) is 12.0. The minimum absolute atomic E-state index is 0.182. The molecule has 0 bridgehead atoms. The van der Waals surface area contributed by atoms with E-state index >= 15 is 0 Å². The summed E-state index contributed by atoms with van der Waals surface area (Å²) < 4.78 is 8.21. The van der Waals surface area contributed by atoms with E-state index in [1.165, 1.54) is 15.9 Å². The molecule has 0 radical (unpaired) electrons. The third-order valence-corrected chi connectivity index (χ3v) is 5.39. The zero-order valence-electron chi connectivity index (χ0n) is 14.1. The Morgan fingerprint density at radius 2 is 2.08 bits per heavy atom. The second kappa shape index (κ2) is 6.66. The van der Waals surface area contributed by atoms with Crippen LogP contribution in [0.5, 0.6) is 5.75 Å². The number of aryl methyl sites for hydroxylation is 1. The standard InChI is InChI=1S/C19H14BrN3O2S/c1-11-4-3-5-12(8-11)17-21-19-23(22-17)18(24)16(26-19)10-13-9-14(20)6-7-15(13)25-2/h3-10H,1-2H3/b16-10+. The van der Waals surface area contributed by atoms with Gasteiger partial charge in [0.05, 0.1) is 11.6 Å². The molecule has 2 aromatic heterocycles. The van der Waals surface area contributed by atoms with Gasteiger partial charge in [0.2, 0.25) is 4.96 Å². The van der Waals surface area contributed by atoms with Crippen LogP contribution >= 0.6 is 27.3 Å². The van der Waals surface area contributed by atoms with Crippen molar-refractivity contribution < 1.29 is 4.74 Å². The fourth-order valence-electron chi connectivity index (χ4n) is 2.70. The first kappa shape index (κ1) is 16.9. The van der Waals surface area contributed by atoms with E-state index in [4.69, 9.17) is 4.74 Å². The molecule has 0 fully saturated rings. The van der Waals surface area contributed by atoms with Crippen molar-refractivity contribution >= 4 is 38.3 Å². The van der Waals surface area contributed by atoms with Crippen molar-refractivity contribution in [1.29, 1.82) is 0 Å². The lowest BCUT2D eigenvalue weighted by Crippen LogP contribution is -2.23. The number of hydrogen-bond donors (Lipinski definition) is 0. The van der Waals surface area contributed by atoms with Crippen LogP contribution in [0.25, 0.3) is 22.4 Å². The van der Waals surface area contributed by atoms with Crippen molar-refractivity contribution in [3.63, 3.8) is 0 Å². The van der Waals surface area contributed by atoms with Crippen LogP contribution in [0, 0.1) is 6.92 Å². The maximum Gasteiger partial charge on any atom is 0.291 e. The number of aromatic nitrogens is 3. The Morgan fingerprint density at radius 3 is 2.81 bits per heavy atom. The lowest BCUT2D eigenvalue weighted by Gasteiger charge is -2.04. The van der Waals surface area contributed by atoms with E-state index in [1.54, 1.807) is 13.2 Å². The lowest BCUT2D eigenvalue weighted by molar-refractivity contribution is 0.414. The summed E-state index contributed by atoms with van der Waals surface area (Å²) in [5.41, 5.74) is 2.67.